The van der Waals surface area contributed by atoms with E-state index in [1.165, 1.54) is 56.2 Å². The van der Waals surface area contributed by atoms with Crippen LogP contribution in [-0.4, -0.2) is 12.6 Å². The molecule has 0 unspecified atom stereocenters. The van der Waals surface area contributed by atoms with E-state index in [1.807, 2.05) is 0 Å². The van der Waals surface area contributed by atoms with Gasteiger partial charge in [-0.05, 0) is 50.1 Å². The van der Waals surface area contributed by atoms with E-state index in [0.717, 1.165) is 17.9 Å². The van der Waals surface area contributed by atoms with Crippen molar-refractivity contribution in [2.75, 3.05) is 6.54 Å². The highest BCUT2D eigenvalue weighted by molar-refractivity contribution is 5.26. The second-order valence-corrected chi connectivity index (χ2v) is 6.32. The average molecular weight is 243 g/mol. The standard InChI is InChI=1S/C17H25N/c1-13-5-7-15(8-6-13)16-11-17(12-16)18-10-9-14-3-2-4-14/h5-8,14,16-18H,2-4,9-12H2,1H3. The van der Waals surface area contributed by atoms with Gasteiger partial charge in [-0.2, -0.15) is 0 Å². The van der Waals surface area contributed by atoms with Crippen LogP contribution in [0.2, 0.25) is 0 Å². The third kappa shape index (κ3) is 2.77. The van der Waals surface area contributed by atoms with Gasteiger partial charge in [0, 0.05) is 6.04 Å². The fourth-order valence-corrected chi connectivity index (χ4v) is 3.17. The molecule has 0 radical (unpaired) electrons. The Bertz CT molecular complexity index is 371. The minimum absolute atomic E-state index is 0.788. The zero-order valence-corrected chi connectivity index (χ0v) is 11.5. The summed E-state index contributed by atoms with van der Waals surface area (Å²) < 4.78 is 0. The van der Waals surface area contributed by atoms with Gasteiger partial charge in [-0.3, -0.25) is 0 Å². The Morgan fingerprint density at radius 1 is 1.11 bits per heavy atom. The van der Waals surface area contributed by atoms with Crippen LogP contribution >= 0.6 is 0 Å². The maximum atomic E-state index is 3.73. The molecular weight excluding hydrogens is 218 g/mol. The molecule has 0 saturated heterocycles. The third-order valence-electron chi connectivity index (χ3n) is 4.90. The molecule has 1 aromatic rings. The zero-order chi connectivity index (χ0) is 12.4. The Hall–Kier alpha value is -0.820. The Morgan fingerprint density at radius 3 is 2.44 bits per heavy atom. The van der Waals surface area contributed by atoms with Crippen LogP contribution in [0.4, 0.5) is 0 Å². The predicted molar refractivity (Wildman–Crippen MR) is 76.9 cm³/mol. The Kier molecular flexibility index (Phi) is 3.69. The van der Waals surface area contributed by atoms with Gasteiger partial charge >= 0.3 is 0 Å². The Labute approximate surface area is 111 Å². The minimum atomic E-state index is 0.788. The second-order valence-electron chi connectivity index (χ2n) is 6.32. The molecule has 0 aromatic heterocycles. The van der Waals surface area contributed by atoms with Crippen molar-refractivity contribution in [1.29, 1.82) is 0 Å². The van der Waals surface area contributed by atoms with Crippen LogP contribution < -0.4 is 5.32 Å². The van der Waals surface area contributed by atoms with Crippen molar-refractivity contribution in [2.45, 2.75) is 57.4 Å². The van der Waals surface area contributed by atoms with Gasteiger partial charge in [0.1, 0.15) is 0 Å². The summed E-state index contributed by atoms with van der Waals surface area (Å²) in [6.45, 7) is 3.41. The molecule has 0 aliphatic heterocycles. The molecule has 2 aliphatic carbocycles. The summed E-state index contributed by atoms with van der Waals surface area (Å²) in [4.78, 5) is 0. The highest BCUT2D eigenvalue weighted by atomic mass is 14.9. The van der Waals surface area contributed by atoms with Crippen molar-refractivity contribution >= 4 is 0 Å². The van der Waals surface area contributed by atoms with Crippen LogP contribution in [-0.2, 0) is 0 Å². The molecule has 98 valence electrons. The van der Waals surface area contributed by atoms with Gasteiger partial charge in [0.15, 0.2) is 0 Å². The van der Waals surface area contributed by atoms with Crippen LogP contribution in [0.1, 0.15) is 55.6 Å². The van der Waals surface area contributed by atoms with E-state index in [1.54, 1.807) is 0 Å². The lowest BCUT2D eigenvalue weighted by Crippen LogP contribution is -2.41. The molecule has 2 saturated carbocycles. The minimum Gasteiger partial charge on any atom is -0.314 e. The molecule has 1 nitrogen and oxygen atoms in total. The van der Waals surface area contributed by atoms with E-state index in [9.17, 15) is 0 Å². The van der Waals surface area contributed by atoms with Crippen molar-refractivity contribution in [1.82, 2.24) is 5.32 Å². The highest BCUT2D eigenvalue weighted by Crippen LogP contribution is 2.37. The van der Waals surface area contributed by atoms with Gasteiger partial charge in [0.05, 0.1) is 0 Å². The first-order valence-electron chi connectivity index (χ1n) is 7.61. The Balaban J connectivity index is 1.36. The van der Waals surface area contributed by atoms with Crippen molar-refractivity contribution in [3.8, 4) is 0 Å². The van der Waals surface area contributed by atoms with Gasteiger partial charge in [0.25, 0.3) is 0 Å². The summed E-state index contributed by atoms with van der Waals surface area (Å²) in [6.07, 6.45) is 8.54. The number of benzene rings is 1. The zero-order valence-electron chi connectivity index (χ0n) is 11.5. The summed E-state index contributed by atoms with van der Waals surface area (Å²) in [5.41, 5.74) is 2.91. The molecule has 18 heavy (non-hydrogen) atoms. The lowest BCUT2D eigenvalue weighted by Gasteiger charge is -2.37. The average Bonchev–Trinajstić information content (AvgIpc) is 2.26. The van der Waals surface area contributed by atoms with Gasteiger partial charge < -0.3 is 5.32 Å². The molecule has 0 heterocycles. The summed E-state index contributed by atoms with van der Waals surface area (Å²) in [5.74, 6) is 1.86. The summed E-state index contributed by atoms with van der Waals surface area (Å²) >= 11 is 0. The van der Waals surface area contributed by atoms with E-state index in [2.05, 4.69) is 36.5 Å². The topological polar surface area (TPSA) is 12.0 Å². The lowest BCUT2D eigenvalue weighted by atomic mass is 9.75. The van der Waals surface area contributed by atoms with Gasteiger partial charge in [-0.15, -0.1) is 0 Å². The van der Waals surface area contributed by atoms with Crippen LogP contribution in [0.5, 0.6) is 0 Å². The Morgan fingerprint density at radius 2 is 1.83 bits per heavy atom. The molecule has 0 atom stereocenters. The number of aryl methyl sites for hydroxylation is 1. The number of rotatable bonds is 5. The SMILES string of the molecule is Cc1ccc(C2CC(NCCC3CCC3)C2)cc1. The van der Waals surface area contributed by atoms with E-state index >= 15 is 0 Å². The van der Waals surface area contributed by atoms with Crippen LogP contribution in [0.25, 0.3) is 0 Å². The van der Waals surface area contributed by atoms with Crippen molar-refractivity contribution < 1.29 is 0 Å². The molecule has 0 bridgehead atoms. The number of nitrogens with one attached hydrogen (secondary N) is 1. The fourth-order valence-electron chi connectivity index (χ4n) is 3.17. The van der Waals surface area contributed by atoms with E-state index in [4.69, 9.17) is 0 Å². The number of hydrogen-bond acceptors (Lipinski definition) is 1. The molecular formula is C17H25N. The summed E-state index contributed by atoms with van der Waals surface area (Å²) in [7, 11) is 0. The predicted octanol–water partition coefficient (Wildman–Crippen LogP) is 4.02. The first-order valence-corrected chi connectivity index (χ1v) is 7.61. The molecule has 2 fully saturated rings. The van der Waals surface area contributed by atoms with Crippen LogP contribution in [0, 0.1) is 12.8 Å². The highest BCUT2D eigenvalue weighted by Gasteiger charge is 2.29. The van der Waals surface area contributed by atoms with Gasteiger partial charge in [-0.25, -0.2) is 0 Å². The van der Waals surface area contributed by atoms with E-state index in [-0.39, 0.29) is 0 Å². The maximum Gasteiger partial charge on any atom is 0.00787 e. The molecule has 1 aromatic carbocycles. The molecule has 0 spiro atoms. The first kappa shape index (κ1) is 12.2. The van der Waals surface area contributed by atoms with Crippen molar-refractivity contribution in [2.24, 2.45) is 5.92 Å². The van der Waals surface area contributed by atoms with Crippen molar-refractivity contribution in [3.63, 3.8) is 0 Å². The first-order chi connectivity index (χ1) is 8.81. The van der Waals surface area contributed by atoms with Crippen LogP contribution in [0.15, 0.2) is 24.3 Å². The fraction of sp³-hybridized carbons (Fsp3) is 0.647. The summed E-state index contributed by atoms with van der Waals surface area (Å²) in [5, 5.41) is 3.73. The van der Waals surface area contributed by atoms with E-state index in [0.29, 0.717) is 0 Å². The molecule has 1 N–H and O–H groups in total. The van der Waals surface area contributed by atoms with Crippen LogP contribution in [0.3, 0.4) is 0 Å². The monoisotopic (exact) mass is 243 g/mol. The normalized spacial score (nSPS) is 27.6. The second kappa shape index (κ2) is 5.44. The number of hydrogen-bond donors (Lipinski definition) is 1. The molecule has 0 amide bonds. The lowest BCUT2D eigenvalue weighted by molar-refractivity contribution is 0.254. The maximum absolute atomic E-state index is 3.73. The summed E-state index contributed by atoms with van der Waals surface area (Å²) in [6, 6.07) is 9.89. The molecule has 1 heteroatoms. The van der Waals surface area contributed by atoms with Gasteiger partial charge in [0.2, 0.25) is 0 Å². The largest absolute Gasteiger partial charge is 0.314 e. The quantitative estimate of drug-likeness (QED) is 0.823. The molecule has 2 aliphatic rings. The third-order valence-corrected chi connectivity index (χ3v) is 4.90. The molecule has 3 rings (SSSR count). The van der Waals surface area contributed by atoms with Crippen molar-refractivity contribution in [3.05, 3.63) is 35.4 Å². The van der Waals surface area contributed by atoms with E-state index < -0.39 is 0 Å². The van der Waals surface area contributed by atoms with Gasteiger partial charge in [-0.1, -0.05) is 49.1 Å². The smallest absolute Gasteiger partial charge is 0.00787 e.